The lowest BCUT2D eigenvalue weighted by atomic mass is 10.3. The van der Waals surface area contributed by atoms with Crippen LogP contribution in [0.25, 0.3) is 0 Å². The summed E-state index contributed by atoms with van der Waals surface area (Å²) in [4.78, 5) is 0. The Labute approximate surface area is 172 Å². The number of benzene rings is 1. The number of anilines is 1. The van der Waals surface area contributed by atoms with Crippen molar-refractivity contribution in [1.29, 1.82) is 0 Å². The summed E-state index contributed by atoms with van der Waals surface area (Å²) in [6, 6.07) is 1.52. The van der Waals surface area contributed by atoms with Crippen LogP contribution in [0, 0.1) is 15.2 Å². The number of ether oxygens (including phenoxy) is 1. The fourth-order valence-electron chi connectivity index (χ4n) is 1.91. The maximum atomic E-state index is 13.8. The van der Waals surface area contributed by atoms with Crippen LogP contribution in [-0.2, 0) is 14.8 Å². The van der Waals surface area contributed by atoms with Crippen LogP contribution in [0.15, 0.2) is 6.07 Å². The van der Waals surface area contributed by atoms with Gasteiger partial charge in [-0.3, -0.25) is 4.39 Å². The molecule has 4 nitrogen and oxygen atoms in total. The largest absolute Gasteiger partial charge is 0.360 e. The summed E-state index contributed by atoms with van der Waals surface area (Å²) < 4.78 is 71.0. The summed E-state index contributed by atoms with van der Waals surface area (Å²) >= 11 is 7.55. The van der Waals surface area contributed by atoms with Gasteiger partial charge < -0.3 is 4.74 Å². The van der Waals surface area contributed by atoms with Gasteiger partial charge in [-0.1, -0.05) is 31.2 Å². The Morgan fingerprint density at radius 3 is 2.46 bits per heavy atom. The number of hydrogen-bond acceptors (Lipinski definition) is 3. The van der Waals surface area contributed by atoms with Crippen LogP contribution in [-0.4, -0.2) is 42.3 Å². The molecule has 0 heterocycles. The van der Waals surface area contributed by atoms with E-state index < -0.39 is 48.9 Å². The number of hydrogen-bond donors (Lipinski definition) is 0. The molecule has 0 N–H and O–H groups in total. The molecule has 0 fully saturated rings. The first-order chi connectivity index (χ1) is 11.9. The van der Waals surface area contributed by atoms with Crippen LogP contribution >= 0.6 is 34.2 Å². The molecule has 150 valence electrons. The van der Waals surface area contributed by atoms with Gasteiger partial charge in [0, 0.05) is 20.7 Å². The van der Waals surface area contributed by atoms with E-state index in [9.17, 15) is 21.6 Å². The van der Waals surface area contributed by atoms with Crippen LogP contribution in [0.1, 0.15) is 6.42 Å². The number of sulfonamides is 1. The minimum absolute atomic E-state index is 0.216. The average molecular weight is 544 g/mol. The summed E-state index contributed by atoms with van der Waals surface area (Å²) in [6.45, 7) is 5.53. The smallest absolute Gasteiger partial charge is 0.237 e. The van der Waals surface area contributed by atoms with E-state index in [0.29, 0.717) is 12.7 Å². The zero-order valence-electron chi connectivity index (χ0n) is 14.8. The maximum Gasteiger partial charge on any atom is 0.237 e. The van der Waals surface area contributed by atoms with Gasteiger partial charge >= 0.3 is 0 Å². The highest BCUT2D eigenvalue weighted by Crippen LogP contribution is 2.35. The Morgan fingerprint density at radius 1 is 1.31 bits per heavy atom. The Hall–Kier alpha value is -0.0431. The zero-order chi connectivity index (χ0) is 20.1. The molecule has 0 radical (unpaired) electrons. The molecule has 0 aliphatic carbocycles. The summed E-state index contributed by atoms with van der Waals surface area (Å²) in [5.41, 5.74) is -0.221. The molecular formula is C15H22ClF3INO3SSi. The van der Waals surface area contributed by atoms with Crippen LogP contribution in [0.4, 0.5) is 18.9 Å². The Bertz CT molecular complexity index is 732. The third-order valence-electron chi connectivity index (χ3n) is 3.43. The van der Waals surface area contributed by atoms with E-state index in [2.05, 4.69) is 19.6 Å². The molecule has 0 atom stereocenters. The number of rotatable bonds is 10. The van der Waals surface area contributed by atoms with Crippen molar-refractivity contribution in [3.63, 3.8) is 0 Å². The van der Waals surface area contributed by atoms with Gasteiger partial charge in [0.15, 0.2) is 11.6 Å². The lowest BCUT2D eigenvalue weighted by molar-refractivity contribution is 0.156. The SMILES string of the molecule is C[Si](C)(C)CCOCN(c1cc(F)c(F)c(I)c1Cl)S(=O)(=O)CCCF. The van der Waals surface area contributed by atoms with E-state index in [1.807, 2.05) is 0 Å². The van der Waals surface area contributed by atoms with Crippen molar-refractivity contribution >= 4 is 58.0 Å². The van der Waals surface area contributed by atoms with Gasteiger partial charge in [-0.05, 0) is 35.1 Å². The summed E-state index contributed by atoms with van der Waals surface area (Å²) in [5, 5.41) is -0.234. The number of alkyl halides is 1. The summed E-state index contributed by atoms with van der Waals surface area (Å²) in [6.07, 6.45) is -0.216. The van der Waals surface area contributed by atoms with Crippen molar-refractivity contribution in [2.24, 2.45) is 0 Å². The molecule has 0 unspecified atom stereocenters. The fourth-order valence-corrected chi connectivity index (χ4v) is 4.87. The molecule has 0 aliphatic heterocycles. The van der Waals surface area contributed by atoms with Gasteiger partial charge in [0.2, 0.25) is 10.0 Å². The minimum atomic E-state index is -4.02. The molecule has 0 spiro atoms. The molecule has 0 saturated carbocycles. The molecule has 11 heteroatoms. The lowest BCUT2D eigenvalue weighted by Gasteiger charge is -2.26. The highest BCUT2D eigenvalue weighted by atomic mass is 127. The second-order valence-electron chi connectivity index (χ2n) is 6.87. The van der Waals surface area contributed by atoms with Crippen molar-refractivity contribution in [3.05, 3.63) is 26.3 Å². The van der Waals surface area contributed by atoms with Crippen molar-refractivity contribution < 1.29 is 26.3 Å². The van der Waals surface area contributed by atoms with Gasteiger partial charge in [0.05, 0.1) is 26.7 Å². The summed E-state index contributed by atoms with van der Waals surface area (Å²) in [7, 11) is -5.41. The average Bonchev–Trinajstić information content (AvgIpc) is 2.53. The molecule has 1 aromatic rings. The van der Waals surface area contributed by atoms with Gasteiger partial charge in [-0.2, -0.15) is 0 Å². The van der Waals surface area contributed by atoms with Gasteiger partial charge in [0.25, 0.3) is 0 Å². The maximum absolute atomic E-state index is 13.8. The first-order valence-electron chi connectivity index (χ1n) is 7.88. The number of nitrogens with zero attached hydrogens (tertiary/aromatic N) is 1. The molecule has 0 aromatic heterocycles. The monoisotopic (exact) mass is 543 g/mol. The van der Waals surface area contributed by atoms with Gasteiger partial charge in [-0.15, -0.1) is 0 Å². The standard InChI is InChI=1S/C15H22ClF3INO3SSi/c1-26(2,3)8-6-24-10-21(25(22,23)7-4-5-17)12-9-11(18)14(19)15(20)13(12)16/h9H,4-8,10H2,1-3H3. The topological polar surface area (TPSA) is 46.6 Å². The highest BCUT2D eigenvalue weighted by molar-refractivity contribution is 14.1. The normalized spacial score (nSPS) is 12.5. The van der Waals surface area contributed by atoms with E-state index >= 15 is 0 Å². The van der Waals surface area contributed by atoms with E-state index in [0.717, 1.165) is 10.3 Å². The second kappa shape index (κ2) is 9.94. The number of halogens is 5. The predicted molar refractivity (Wildman–Crippen MR) is 110 cm³/mol. The molecule has 0 bridgehead atoms. The highest BCUT2D eigenvalue weighted by Gasteiger charge is 2.28. The second-order valence-corrected chi connectivity index (χ2v) is 16.0. The Balaban J connectivity index is 3.17. The molecule has 26 heavy (non-hydrogen) atoms. The van der Waals surface area contributed by atoms with Crippen molar-refractivity contribution in [2.75, 3.05) is 30.1 Å². The summed E-state index contributed by atoms with van der Waals surface area (Å²) in [5.74, 6) is -2.87. The van der Waals surface area contributed by atoms with Crippen LogP contribution < -0.4 is 4.31 Å². The first kappa shape index (κ1) is 24.0. The van der Waals surface area contributed by atoms with E-state index in [-0.39, 0.29) is 20.7 Å². The molecular weight excluding hydrogens is 522 g/mol. The Kier molecular flexibility index (Phi) is 9.18. The molecule has 0 amide bonds. The van der Waals surface area contributed by atoms with Crippen LogP contribution in [0.2, 0.25) is 30.7 Å². The van der Waals surface area contributed by atoms with Crippen LogP contribution in [0.5, 0.6) is 0 Å². The molecule has 0 saturated heterocycles. The third kappa shape index (κ3) is 6.84. The van der Waals surface area contributed by atoms with Gasteiger partial charge in [-0.25, -0.2) is 21.5 Å². The van der Waals surface area contributed by atoms with Crippen molar-refractivity contribution in [2.45, 2.75) is 32.1 Å². The van der Waals surface area contributed by atoms with E-state index in [1.54, 1.807) is 0 Å². The quantitative estimate of drug-likeness (QED) is 0.104. The first-order valence-corrected chi connectivity index (χ1v) is 14.6. The third-order valence-corrected chi connectivity index (χ3v) is 8.63. The van der Waals surface area contributed by atoms with E-state index in [1.165, 1.54) is 22.6 Å². The zero-order valence-corrected chi connectivity index (χ0v) is 19.5. The Morgan fingerprint density at radius 2 is 1.92 bits per heavy atom. The van der Waals surface area contributed by atoms with E-state index in [4.69, 9.17) is 16.3 Å². The van der Waals surface area contributed by atoms with Crippen molar-refractivity contribution in [1.82, 2.24) is 0 Å². The molecule has 0 aliphatic rings. The van der Waals surface area contributed by atoms with Crippen LogP contribution in [0.3, 0.4) is 0 Å². The molecule has 1 rings (SSSR count). The molecule has 1 aromatic carbocycles. The fraction of sp³-hybridized carbons (Fsp3) is 0.600. The predicted octanol–water partition coefficient (Wildman–Crippen LogP) is 5.03. The van der Waals surface area contributed by atoms with Gasteiger partial charge in [0.1, 0.15) is 6.73 Å². The lowest BCUT2D eigenvalue weighted by Crippen LogP contribution is -2.36. The minimum Gasteiger partial charge on any atom is -0.360 e. The van der Waals surface area contributed by atoms with Crippen molar-refractivity contribution in [3.8, 4) is 0 Å².